The third-order valence-electron chi connectivity index (χ3n) is 3.54. The van der Waals surface area contributed by atoms with Gasteiger partial charge in [0, 0.05) is 18.4 Å². The number of hydrogen-bond acceptors (Lipinski definition) is 3. The van der Waals surface area contributed by atoms with E-state index in [1.54, 1.807) is 60.7 Å². The normalized spacial score (nSPS) is 11.5. The molecule has 5 nitrogen and oxygen atoms in total. The molecule has 0 fully saturated rings. The second-order valence-corrected chi connectivity index (χ2v) is 5.20. The van der Waals surface area contributed by atoms with Gasteiger partial charge in [0.05, 0.1) is 11.1 Å². The number of carbonyl (C=O) groups is 3. The molecule has 0 amide bonds. The molecule has 0 bridgehead atoms. The molecular formula is C19H16O5. The van der Waals surface area contributed by atoms with Crippen molar-refractivity contribution in [3.05, 3.63) is 82.9 Å². The molecule has 0 aliphatic rings. The lowest BCUT2D eigenvalue weighted by molar-refractivity contribution is -0.136. The van der Waals surface area contributed by atoms with Crippen molar-refractivity contribution in [2.75, 3.05) is 0 Å². The first-order valence-corrected chi connectivity index (χ1v) is 7.30. The molecular weight excluding hydrogens is 308 g/mol. The monoisotopic (exact) mass is 324 g/mol. The average Bonchev–Trinajstić information content (AvgIpc) is 2.59. The van der Waals surface area contributed by atoms with Crippen LogP contribution in [0.3, 0.4) is 0 Å². The highest BCUT2D eigenvalue weighted by atomic mass is 16.4. The summed E-state index contributed by atoms with van der Waals surface area (Å²) < 4.78 is 0. The first-order chi connectivity index (χ1) is 11.5. The Morgan fingerprint density at radius 2 is 1.21 bits per heavy atom. The number of carboxylic acids is 2. The molecule has 2 aromatic rings. The summed E-state index contributed by atoms with van der Waals surface area (Å²) >= 11 is 0. The molecule has 0 saturated carbocycles. The van der Waals surface area contributed by atoms with E-state index in [-0.39, 0.29) is 17.6 Å². The zero-order chi connectivity index (χ0) is 17.5. The first kappa shape index (κ1) is 17.1. The molecule has 0 saturated heterocycles. The van der Waals surface area contributed by atoms with Crippen LogP contribution >= 0.6 is 0 Å². The molecule has 0 atom stereocenters. The van der Waals surface area contributed by atoms with Gasteiger partial charge in [-0.15, -0.1) is 0 Å². The molecule has 2 N–H and O–H groups in total. The van der Waals surface area contributed by atoms with Gasteiger partial charge >= 0.3 is 11.9 Å². The minimum absolute atomic E-state index is 0.0557. The molecule has 0 heterocycles. The molecule has 2 rings (SSSR count). The highest BCUT2D eigenvalue weighted by Crippen LogP contribution is 2.18. The van der Waals surface area contributed by atoms with Crippen LogP contribution in [-0.4, -0.2) is 27.9 Å². The van der Waals surface area contributed by atoms with Crippen LogP contribution in [0.4, 0.5) is 0 Å². The number of ketones is 1. The van der Waals surface area contributed by atoms with Gasteiger partial charge in [-0.05, 0) is 5.56 Å². The van der Waals surface area contributed by atoms with E-state index in [2.05, 4.69) is 0 Å². The van der Waals surface area contributed by atoms with E-state index in [9.17, 15) is 24.6 Å². The van der Waals surface area contributed by atoms with Crippen LogP contribution in [0.1, 0.15) is 22.3 Å². The summed E-state index contributed by atoms with van der Waals surface area (Å²) in [4.78, 5) is 35.3. The van der Waals surface area contributed by atoms with E-state index >= 15 is 0 Å². The predicted octanol–water partition coefficient (Wildman–Crippen LogP) is 2.97. The maximum atomic E-state index is 12.2. The van der Waals surface area contributed by atoms with Crippen molar-refractivity contribution in [1.82, 2.24) is 0 Å². The van der Waals surface area contributed by atoms with Crippen molar-refractivity contribution in [3.63, 3.8) is 0 Å². The fraction of sp³-hybridized carbons (Fsp3) is 0.105. The highest BCUT2D eigenvalue weighted by Gasteiger charge is 2.23. The largest absolute Gasteiger partial charge is 0.478 e. The molecule has 0 unspecified atom stereocenters. The summed E-state index contributed by atoms with van der Waals surface area (Å²) in [5, 5.41) is 18.8. The zero-order valence-corrected chi connectivity index (χ0v) is 12.8. The van der Waals surface area contributed by atoms with Crippen molar-refractivity contribution in [2.24, 2.45) is 0 Å². The molecule has 122 valence electrons. The fourth-order valence-electron chi connectivity index (χ4n) is 2.31. The number of Topliss-reactive ketones (excluding diaryl/α,β-unsaturated/α-hetero) is 1. The van der Waals surface area contributed by atoms with Crippen molar-refractivity contribution < 1.29 is 24.6 Å². The summed E-state index contributed by atoms with van der Waals surface area (Å²) in [6, 6.07) is 16.9. The summed E-state index contributed by atoms with van der Waals surface area (Å²) in [5.41, 5.74) is 0.347. The molecule has 0 aliphatic heterocycles. The van der Waals surface area contributed by atoms with E-state index < -0.39 is 24.1 Å². The fourth-order valence-corrected chi connectivity index (χ4v) is 2.31. The third-order valence-corrected chi connectivity index (χ3v) is 3.54. The second kappa shape index (κ2) is 7.87. The second-order valence-electron chi connectivity index (χ2n) is 5.20. The number of benzene rings is 2. The minimum atomic E-state index is -1.40. The van der Waals surface area contributed by atoms with Crippen LogP contribution in [0.15, 0.2) is 71.8 Å². The minimum Gasteiger partial charge on any atom is -0.478 e. The molecule has 2 aromatic carbocycles. The average molecular weight is 324 g/mol. The van der Waals surface area contributed by atoms with Crippen LogP contribution in [0.2, 0.25) is 0 Å². The Bertz CT molecular complexity index is 776. The molecule has 0 spiro atoms. The van der Waals surface area contributed by atoms with Crippen molar-refractivity contribution >= 4 is 17.7 Å². The lowest BCUT2D eigenvalue weighted by Crippen LogP contribution is -2.16. The Kier molecular flexibility index (Phi) is 5.63. The van der Waals surface area contributed by atoms with Gasteiger partial charge in [0.1, 0.15) is 0 Å². The number of rotatable bonds is 7. The van der Waals surface area contributed by atoms with E-state index in [1.807, 2.05) is 0 Å². The molecule has 0 aromatic heterocycles. The predicted molar refractivity (Wildman–Crippen MR) is 87.8 cm³/mol. The van der Waals surface area contributed by atoms with Crippen LogP contribution < -0.4 is 0 Å². The van der Waals surface area contributed by atoms with Crippen LogP contribution in [0.25, 0.3) is 0 Å². The number of hydrogen-bond donors (Lipinski definition) is 2. The van der Waals surface area contributed by atoms with Gasteiger partial charge in [-0.25, -0.2) is 9.59 Å². The Labute approximate surface area is 138 Å². The lowest BCUT2D eigenvalue weighted by atomic mass is 9.95. The third kappa shape index (κ3) is 4.39. The van der Waals surface area contributed by atoms with Gasteiger partial charge in [0.2, 0.25) is 0 Å². The van der Waals surface area contributed by atoms with E-state index in [1.165, 1.54) is 0 Å². The molecule has 5 heteroatoms. The quantitative estimate of drug-likeness (QED) is 0.603. The van der Waals surface area contributed by atoms with E-state index in [4.69, 9.17) is 0 Å². The van der Waals surface area contributed by atoms with E-state index in [0.29, 0.717) is 11.1 Å². The van der Waals surface area contributed by atoms with Crippen LogP contribution in [-0.2, 0) is 16.0 Å². The standard InChI is InChI=1S/C19H16O5/c20-17(14-9-5-2-6-10-14)12-16(19(23)24)15(18(21)22)11-13-7-3-1-4-8-13/h1-10H,11-12H2,(H,21,22)(H,23,24). The van der Waals surface area contributed by atoms with Gasteiger partial charge in [0.25, 0.3) is 0 Å². The Hall–Kier alpha value is -3.21. The van der Waals surface area contributed by atoms with Gasteiger partial charge < -0.3 is 10.2 Å². The van der Waals surface area contributed by atoms with Gasteiger partial charge in [-0.1, -0.05) is 60.7 Å². The van der Waals surface area contributed by atoms with Crippen LogP contribution in [0.5, 0.6) is 0 Å². The first-order valence-electron chi connectivity index (χ1n) is 7.30. The van der Waals surface area contributed by atoms with Crippen molar-refractivity contribution in [2.45, 2.75) is 12.8 Å². The van der Waals surface area contributed by atoms with Gasteiger partial charge in [0.15, 0.2) is 5.78 Å². The SMILES string of the molecule is O=C(O)C(CC(=O)c1ccccc1)=C(Cc1ccccc1)C(=O)O. The van der Waals surface area contributed by atoms with E-state index in [0.717, 1.165) is 0 Å². The zero-order valence-electron chi connectivity index (χ0n) is 12.8. The van der Waals surface area contributed by atoms with Gasteiger partial charge in [-0.2, -0.15) is 0 Å². The maximum absolute atomic E-state index is 12.2. The van der Waals surface area contributed by atoms with Crippen molar-refractivity contribution in [1.29, 1.82) is 0 Å². The maximum Gasteiger partial charge on any atom is 0.332 e. The summed E-state index contributed by atoms with van der Waals surface area (Å²) in [5.74, 6) is -3.16. The number of carboxylic acid groups (broad SMARTS) is 2. The Balaban J connectivity index is 2.36. The Morgan fingerprint density at radius 3 is 1.71 bits per heavy atom. The van der Waals surface area contributed by atoms with Crippen molar-refractivity contribution in [3.8, 4) is 0 Å². The van der Waals surface area contributed by atoms with Gasteiger partial charge in [-0.3, -0.25) is 4.79 Å². The summed E-state index contributed by atoms with van der Waals surface area (Å²) in [6.45, 7) is 0. The number of aliphatic carboxylic acids is 2. The molecule has 24 heavy (non-hydrogen) atoms. The Morgan fingerprint density at radius 1 is 0.708 bits per heavy atom. The highest BCUT2D eigenvalue weighted by molar-refractivity contribution is 6.06. The lowest BCUT2D eigenvalue weighted by Gasteiger charge is -2.09. The summed E-state index contributed by atoms with van der Waals surface area (Å²) in [7, 11) is 0. The van der Waals surface area contributed by atoms with Crippen LogP contribution in [0, 0.1) is 0 Å². The smallest absolute Gasteiger partial charge is 0.332 e. The summed E-state index contributed by atoms with van der Waals surface area (Å²) in [6.07, 6.45) is -0.520. The topological polar surface area (TPSA) is 91.7 Å². The molecule has 0 radical (unpaired) electrons. The number of carbonyl (C=O) groups excluding carboxylic acids is 1. The molecule has 0 aliphatic carbocycles.